The van der Waals surface area contributed by atoms with E-state index in [-0.39, 0.29) is 0 Å². The van der Waals surface area contributed by atoms with Gasteiger partial charge in [0.05, 0.1) is 0 Å². The molecular weight excluding hydrogens is 244 g/mol. The summed E-state index contributed by atoms with van der Waals surface area (Å²) in [4.78, 5) is 0. The molecule has 2 aromatic carbocycles. The van der Waals surface area contributed by atoms with Crippen molar-refractivity contribution in [1.29, 1.82) is 0 Å². The van der Waals surface area contributed by atoms with E-state index >= 15 is 0 Å². The van der Waals surface area contributed by atoms with Gasteiger partial charge in [-0.25, -0.2) is 0 Å². The lowest BCUT2D eigenvalue weighted by atomic mass is 10.0. The first kappa shape index (κ1) is 13.0. The third-order valence-corrected chi connectivity index (χ3v) is 3.27. The molecule has 0 saturated heterocycles. The lowest BCUT2D eigenvalue weighted by Gasteiger charge is -2.09. The fourth-order valence-corrected chi connectivity index (χ4v) is 1.92. The number of rotatable bonds is 4. The number of halogens is 1. The molecular formula is C16H17ClO. The van der Waals surface area contributed by atoms with Crippen molar-refractivity contribution in [2.75, 3.05) is 0 Å². The molecule has 0 radical (unpaired) electrons. The molecule has 18 heavy (non-hydrogen) atoms. The molecule has 0 atom stereocenters. The summed E-state index contributed by atoms with van der Waals surface area (Å²) in [6.07, 6.45) is 0. The quantitative estimate of drug-likeness (QED) is 0.748. The van der Waals surface area contributed by atoms with Gasteiger partial charge in [-0.1, -0.05) is 55.8 Å². The van der Waals surface area contributed by atoms with Gasteiger partial charge in [-0.15, -0.1) is 0 Å². The number of ether oxygens (including phenoxy) is 1. The van der Waals surface area contributed by atoms with Crippen LogP contribution in [0.15, 0.2) is 48.5 Å². The second-order valence-corrected chi connectivity index (χ2v) is 5.01. The van der Waals surface area contributed by atoms with Crippen LogP contribution in [0.4, 0.5) is 0 Å². The van der Waals surface area contributed by atoms with Crippen molar-refractivity contribution in [2.24, 2.45) is 0 Å². The number of hydrogen-bond acceptors (Lipinski definition) is 1. The Morgan fingerprint density at radius 3 is 2.28 bits per heavy atom. The van der Waals surface area contributed by atoms with Gasteiger partial charge in [0.25, 0.3) is 0 Å². The molecule has 0 aliphatic rings. The molecule has 0 unspecified atom stereocenters. The van der Waals surface area contributed by atoms with Crippen LogP contribution in [0.25, 0.3) is 0 Å². The molecule has 2 rings (SSSR count). The standard InChI is InChI=1S/C16H17ClO/c1-12(2)13-7-9-15(10-8-13)18-11-14-5-3-4-6-16(14)17/h3-10,12H,11H2,1-2H3. The normalized spacial score (nSPS) is 10.7. The van der Waals surface area contributed by atoms with Crippen LogP contribution in [-0.4, -0.2) is 0 Å². The molecule has 0 bridgehead atoms. The molecule has 0 spiro atoms. The summed E-state index contributed by atoms with van der Waals surface area (Å²) in [7, 11) is 0. The zero-order valence-corrected chi connectivity index (χ0v) is 11.4. The zero-order valence-electron chi connectivity index (χ0n) is 10.7. The van der Waals surface area contributed by atoms with E-state index < -0.39 is 0 Å². The van der Waals surface area contributed by atoms with E-state index in [4.69, 9.17) is 16.3 Å². The molecule has 1 nitrogen and oxygen atoms in total. The molecule has 0 fully saturated rings. The maximum Gasteiger partial charge on any atom is 0.119 e. The van der Waals surface area contributed by atoms with Gasteiger partial charge >= 0.3 is 0 Å². The highest BCUT2D eigenvalue weighted by Crippen LogP contribution is 2.21. The largest absolute Gasteiger partial charge is 0.489 e. The van der Waals surface area contributed by atoms with Gasteiger partial charge in [-0.3, -0.25) is 0 Å². The van der Waals surface area contributed by atoms with Crippen molar-refractivity contribution in [3.63, 3.8) is 0 Å². The van der Waals surface area contributed by atoms with Crippen molar-refractivity contribution < 1.29 is 4.74 Å². The van der Waals surface area contributed by atoms with Gasteiger partial charge in [0.15, 0.2) is 0 Å². The third-order valence-electron chi connectivity index (χ3n) is 2.90. The predicted octanol–water partition coefficient (Wildman–Crippen LogP) is 5.04. The van der Waals surface area contributed by atoms with Crippen LogP contribution in [-0.2, 0) is 6.61 Å². The van der Waals surface area contributed by atoms with E-state index in [9.17, 15) is 0 Å². The van der Waals surface area contributed by atoms with Crippen LogP contribution in [0.3, 0.4) is 0 Å². The smallest absolute Gasteiger partial charge is 0.119 e. The first-order valence-electron chi connectivity index (χ1n) is 6.13. The van der Waals surface area contributed by atoms with Crippen LogP contribution in [0.5, 0.6) is 5.75 Å². The zero-order chi connectivity index (χ0) is 13.0. The van der Waals surface area contributed by atoms with Gasteiger partial charge in [-0.2, -0.15) is 0 Å². The van der Waals surface area contributed by atoms with Crippen molar-refractivity contribution in [3.8, 4) is 5.75 Å². The summed E-state index contributed by atoms with van der Waals surface area (Å²) in [5.41, 5.74) is 2.33. The highest BCUT2D eigenvalue weighted by atomic mass is 35.5. The van der Waals surface area contributed by atoms with Gasteiger partial charge < -0.3 is 4.74 Å². The van der Waals surface area contributed by atoms with E-state index in [2.05, 4.69) is 26.0 Å². The second kappa shape index (κ2) is 5.92. The Bertz CT molecular complexity index is 503. The first-order valence-corrected chi connectivity index (χ1v) is 6.51. The fraction of sp³-hybridized carbons (Fsp3) is 0.250. The Morgan fingerprint density at radius 1 is 1.00 bits per heavy atom. The molecule has 0 aliphatic carbocycles. The highest BCUT2D eigenvalue weighted by Gasteiger charge is 2.02. The minimum Gasteiger partial charge on any atom is -0.489 e. The average Bonchev–Trinajstić information content (AvgIpc) is 2.38. The van der Waals surface area contributed by atoms with E-state index in [0.29, 0.717) is 12.5 Å². The molecule has 0 aromatic heterocycles. The van der Waals surface area contributed by atoms with Crippen molar-refractivity contribution in [1.82, 2.24) is 0 Å². The van der Waals surface area contributed by atoms with Crippen molar-refractivity contribution in [3.05, 3.63) is 64.7 Å². The Kier molecular flexibility index (Phi) is 4.27. The minimum absolute atomic E-state index is 0.501. The summed E-state index contributed by atoms with van der Waals surface area (Å²) in [6, 6.07) is 16.0. The van der Waals surface area contributed by atoms with Gasteiger partial charge in [0.2, 0.25) is 0 Å². The average molecular weight is 261 g/mol. The Balaban J connectivity index is 2.00. The fourth-order valence-electron chi connectivity index (χ4n) is 1.73. The summed E-state index contributed by atoms with van der Waals surface area (Å²) >= 11 is 6.08. The summed E-state index contributed by atoms with van der Waals surface area (Å²) in [6.45, 7) is 4.86. The lowest BCUT2D eigenvalue weighted by Crippen LogP contribution is -1.96. The van der Waals surface area contributed by atoms with E-state index in [0.717, 1.165) is 16.3 Å². The van der Waals surface area contributed by atoms with Crippen LogP contribution < -0.4 is 4.74 Å². The lowest BCUT2D eigenvalue weighted by molar-refractivity contribution is 0.306. The third kappa shape index (κ3) is 3.27. The Morgan fingerprint density at radius 2 is 1.67 bits per heavy atom. The van der Waals surface area contributed by atoms with Crippen LogP contribution in [0.1, 0.15) is 30.9 Å². The SMILES string of the molecule is CC(C)c1ccc(OCc2ccccc2Cl)cc1. The maximum absolute atomic E-state index is 6.08. The molecule has 2 aromatic rings. The molecule has 0 saturated carbocycles. The molecule has 94 valence electrons. The topological polar surface area (TPSA) is 9.23 Å². The highest BCUT2D eigenvalue weighted by molar-refractivity contribution is 6.31. The summed E-state index contributed by atoms with van der Waals surface area (Å²) < 4.78 is 5.72. The van der Waals surface area contributed by atoms with E-state index in [1.165, 1.54) is 5.56 Å². The van der Waals surface area contributed by atoms with Gasteiger partial charge in [0, 0.05) is 10.6 Å². The first-order chi connectivity index (χ1) is 8.66. The Hall–Kier alpha value is -1.47. The number of benzene rings is 2. The van der Waals surface area contributed by atoms with Crippen LogP contribution >= 0.6 is 11.6 Å². The van der Waals surface area contributed by atoms with E-state index in [1.54, 1.807) is 0 Å². The Labute approximate surface area is 113 Å². The van der Waals surface area contributed by atoms with Gasteiger partial charge in [0.1, 0.15) is 12.4 Å². The molecule has 2 heteroatoms. The van der Waals surface area contributed by atoms with Crippen LogP contribution in [0.2, 0.25) is 5.02 Å². The molecule has 0 N–H and O–H groups in total. The number of hydrogen-bond donors (Lipinski definition) is 0. The van der Waals surface area contributed by atoms with Gasteiger partial charge in [-0.05, 0) is 29.7 Å². The van der Waals surface area contributed by atoms with Crippen molar-refractivity contribution >= 4 is 11.6 Å². The molecule has 0 aliphatic heterocycles. The molecule has 0 amide bonds. The maximum atomic E-state index is 6.08. The van der Waals surface area contributed by atoms with Crippen LogP contribution in [0, 0.1) is 0 Å². The summed E-state index contributed by atoms with van der Waals surface area (Å²) in [5.74, 6) is 1.42. The predicted molar refractivity (Wildman–Crippen MR) is 76.3 cm³/mol. The monoisotopic (exact) mass is 260 g/mol. The minimum atomic E-state index is 0.501. The van der Waals surface area contributed by atoms with E-state index in [1.807, 2.05) is 36.4 Å². The second-order valence-electron chi connectivity index (χ2n) is 4.60. The van der Waals surface area contributed by atoms with Crippen molar-refractivity contribution in [2.45, 2.75) is 26.4 Å². The summed E-state index contributed by atoms with van der Waals surface area (Å²) in [5, 5.41) is 0.747. The molecule has 0 heterocycles.